The number of hydrogen-bond acceptors (Lipinski definition) is 3. The first-order valence-corrected chi connectivity index (χ1v) is 4.52. The minimum atomic E-state index is -0.810. The van der Waals surface area contributed by atoms with Crippen molar-refractivity contribution >= 4 is 0 Å². The minimum Gasteiger partial charge on any atom is -0.394 e. The fraction of sp³-hybridized carbons (Fsp3) is 0.800. The highest BCUT2D eigenvalue weighted by Gasteiger charge is 2.41. The number of hydrogen-bond donors (Lipinski definition) is 2. The van der Waals surface area contributed by atoms with Crippen LogP contribution < -0.4 is 0 Å². The van der Waals surface area contributed by atoms with Gasteiger partial charge in [0.2, 0.25) is 0 Å². The highest BCUT2D eigenvalue weighted by Crippen LogP contribution is 2.33. The molecule has 0 bridgehead atoms. The topological polar surface area (TPSA) is 49.7 Å². The van der Waals surface area contributed by atoms with Crippen LogP contribution in [0.25, 0.3) is 0 Å². The number of ether oxygens (including phenoxy) is 1. The molecule has 0 saturated carbocycles. The SMILES string of the molecule is C#CC[C@H]1CC[C@](C)([C@@H](O)CO)O1. The van der Waals surface area contributed by atoms with E-state index in [0.29, 0.717) is 6.42 Å². The van der Waals surface area contributed by atoms with Gasteiger partial charge in [-0.25, -0.2) is 0 Å². The summed E-state index contributed by atoms with van der Waals surface area (Å²) >= 11 is 0. The van der Waals surface area contributed by atoms with Crippen molar-refractivity contribution < 1.29 is 14.9 Å². The summed E-state index contributed by atoms with van der Waals surface area (Å²) in [6.45, 7) is 1.55. The van der Waals surface area contributed by atoms with E-state index in [1.54, 1.807) is 0 Å². The molecule has 3 heteroatoms. The molecule has 3 atom stereocenters. The number of aliphatic hydroxyl groups excluding tert-OH is 2. The smallest absolute Gasteiger partial charge is 0.106 e. The molecule has 74 valence electrons. The molecule has 0 aliphatic carbocycles. The normalized spacial score (nSPS) is 35.7. The molecule has 0 unspecified atom stereocenters. The van der Waals surface area contributed by atoms with Gasteiger partial charge in [-0.15, -0.1) is 12.3 Å². The molecule has 13 heavy (non-hydrogen) atoms. The van der Waals surface area contributed by atoms with Crippen molar-refractivity contribution in [3.05, 3.63) is 0 Å². The molecular weight excluding hydrogens is 168 g/mol. The third-order valence-corrected chi connectivity index (χ3v) is 2.62. The third-order valence-electron chi connectivity index (χ3n) is 2.62. The van der Waals surface area contributed by atoms with Crippen molar-refractivity contribution in [2.75, 3.05) is 6.61 Å². The molecule has 0 aromatic heterocycles. The fourth-order valence-electron chi connectivity index (χ4n) is 1.66. The predicted octanol–water partition coefficient (Wildman–Crippen LogP) is 0.301. The summed E-state index contributed by atoms with van der Waals surface area (Å²) in [5, 5.41) is 18.3. The largest absolute Gasteiger partial charge is 0.394 e. The molecule has 1 aliphatic rings. The maximum absolute atomic E-state index is 9.48. The van der Waals surface area contributed by atoms with Gasteiger partial charge >= 0.3 is 0 Å². The highest BCUT2D eigenvalue weighted by atomic mass is 16.5. The average Bonchev–Trinajstić information content (AvgIpc) is 2.48. The van der Waals surface area contributed by atoms with Gasteiger partial charge in [-0.1, -0.05) is 0 Å². The number of terminal acetylenes is 1. The van der Waals surface area contributed by atoms with Crippen LogP contribution in [0.4, 0.5) is 0 Å². The zero-order valence-electron chi connectivity index (χ0n) is 7.86. The van der Waals surface area contributed by atoms with Gasteiger partial charge in [-0.3, -0.25) is 0 Å². The van der Waals surface area contributed by atoms with Crippen molar-refractivity contribution in [3.8, 4) is 12.3 Å². The molecule has 0 aromatic carbocycles. The van der Waals surface area contributed by atoms with E-state index < -0.39 is 11.7 Å². The van der Waals surface area contributed by atoms with Crippen LogP contribution >= 0.6 is 0 Å². The van der Waals surface area contributed by atoms with Gasteiger partial charge in [0.1, 0.15) is 6.10 Å². The van der Waals surface area contributed by atoms with Crippen LogP contribution in [0.1, 0.15) is 26.2 Å². The lowest BCUT2D eigenvalue weighted by molar-refractivity contribution is -0.117. The maximum atomic E-state index is 9.48. The van der Waals surface area contributed by atoms with E-state index in [1.165, 1.54) is 0 Å². The van der Waals surface area contributed by atoms with E-state index in [-0.39, 0.29) is 12.7 Å². The number of rotatable bonds is 3. The van der Waals surface area contributed by atoms with Gasteiger partial charge in [0.05, 0.1) is 18.3 Å². The fourth-order valence-corrected chi connectivity index (χ4v) is 1.66. The Kier molecular flexibility index (Phi) is 3.32. The summed E-state index contributed by atoms with van der Waals surface area (Å²) in [4.78, 5) is 0. The zero-order chi connectivity index (χ0) is 9.90. The molecule has 0 amide bonds. The Morgan fingerprint density at radius 3 is 3.00 bits per heavy atom. The van der Waals surface area contributed by atoms with Gasteiger partial charge in [0, 0.05) is 6.42 Å². The first-order valence-electron chi connectivity index (χ1n) is 4.52. The monoisotopic (exact) mass is 184 g/mol. The lowest BCUT2D eigenvalue weighted by atomic mass is 9.96. The van der Waals surface area contributed by atoms with Crippen molar-refractivity contribution in [3.63, 3.8) is 0 Å². The van der Waals surface area contributed by atoms with Gasteiger partial charge in [-0.05, 0) is 19.8 Å². The quantitative estimate of drug-likeness (QED) is 0.620. The minimum absolute atomic E-state index is 0.0381. The van der Waals surface area contributed by atoms with E-state index in [9.17, 15) is 5.11 Å². The van der Waals surface area contributed by atoms with E-state index in [4.69, 9.17) is 16.3 Å². The second kappa shape index (κ2) is 4.10. The van der Waals surface area contributed by atoms with Gasteiger partial charge in [-0.2, -0.15) is 0 Å². The van der Waals surface area contributed by atoms with E-state index >= 15 is 0 Å². The first-order chi connectivity index (χ1) is 6.12. The Hall–Kier alpha value is -0.560. The lowest BCUT2D eigenvalue weighted by Gasteiger charge is -2.28. The lowest BCUT2D eigenvalue weighted by Crippen LogP contribution is -2.41. The van der Waals surface area contributed by atoms with Crippen molar-refractivity contribution in [2.45, 2.75) is 44.0 Å². The van der Waals surface area contributed by atoms with Crippen LogP contribution in [0.2, 0.25) is 0 Å². The maximum Gasteiger partial charge on any atom is 0.106 e. The molecule has 2 N–H and O–H groups in total. The summed E-state index contributed by atoms with van der Waals surface area (Å²) in [5.41, 5.74) is -0.615. The van der Waals surface area contributed by atoms with E-state index in [0.717, 1.165) is 12.8 Å². The Morgan fingerprint density at radius 2 is 2.46 bits per heavy atom. The molecule has 0 spiro atoms. The Morgan fingerprint density at radius 1 is 1.77 bits per heavy atom. The summed E-state index contributed by atoms with van der Waals surface area (Å²) in [6, 6.07) is 0. The second-order valence-electron chi connectivity index (χ2n) is 3.70. The van der Waals surface area contributed by atoms with Crippen molar-refractivity contribution in [2.24, 2.45) is 0 Å². The van der Waals surface area contributed by atoms with E-state index in [1.807, 2.05) is 6.92 Å². The highest BCUT2D eigenvalue weighted by molar-refractivity contribution is 4.96. The van der Waals surface area contributed by atoms with Crippen molar-refractivity contribution in [1.29, 1.82) is 0 Å². The first kappa shape index (κ1) is 10.5. The molecular formula is C10H16O3. The van der Waals surface area contributed by atoms with Gasteiger partial charge in [0.25, 0.3) is 0 Å². The summed E-state index contributed by atoms with van der Waals surface area (Å²) in [6.07, 6.45) is 6.58. The summed E-state index contributed by atoms with van der Waals surface area (Å²) < 4.78 is 5.59. The molecule has 0 aromatic rings. The second-order valence-corrected chi connectivity index (χ2v) is 3.70. The van der Waals surface area contributed by atoms with Gasteiger partial charge < -0.3 is 14.9 Å². The van der Waals surface area contributed by atoms with Crippen LogP contribution in [0.3, 0.4) is 0 Å². The Bertz CT molecular complexity index is 209. The predicted molar refractivity (Wildman–Crippen MR) is 49.1 cm³/mol. The molecule has 1 fully saturated rings. The van der Waals surface area contributed by atoms with Crippen LogP contribution in [0.5, 0.6) is 0 Å². The molecule has 1 saturated heterocycles. The molecule has 3 nitrogen and oxygen atoms in total. The van der Waals surface area contributed by atoms with Crippen LogP contribution in [-0.4, -0.2) is 34.6 Å². The Labute approximate surface area is 78.7 Å². The summed E-state index contributed by atoms with van der Waals surface area (Å²) in [5.74, 6) is 2.54. The number of aliphatic hydroxyl groups is 2. The molecule has 1 heterocycles. The third kappa shape index (κ3) is 2.22. The van der Waals surface area contributed by atoms with Crippen LogP contribution in [0, 0.1) is 12.3 Å². The van der Waals surface area contributed by atoms with Gasteiger partial charge in [0.15, 0.2) is 0 Å². The molecule has 0 radical (unpaired) electrons. The standard InChI is InChI=1S/C10H16O3/c1-3-4-8-5-6-10(2,13-8)9(12)7-11/h1,8-9,11-12H,4-7H2,2H3/t8-,9-,10+/m0/s1. The average molecular weight is 184 g/mol. The summed E-state index contributed by atoms with van der Waals surface area (Å²) in [7, 11) is 0. The zero-order valence-corrected chi connectivity index (χ0v) is 7.86. The molecule has 1 rings (SSSR count). The Balaban J connectivity index is 2.51. The van der Waals surface area contributed by atoms with Crippen LogP contribution in [0.15, 0.2) is 0 Å². The van der Waals surface area contributed by atoms with Crippen molar-refractivity contribution in [1.82, 2.24) is 0 Å². The van der Waals surface area contributed by atoms with E-state index in [2.05, 4.69) is 5.92 Å². The van der Waals surface area contributed by atoms with Crippen LogP contribution in [-0.2, 0) is 4.74 Å². The molecule has 1 aliphatic heterocycles.